The number of rotatable bonds is 7. The Morgan fingerprint density at radius 1 is 1.10 bits per heavy atom. The molecule has 0 aromatic heterocycles. The summed E-state index contributed by atoms with van der Waals surface area (Å²) in [6.45, 7) is 6.67. The molecule has 1 aliphatic heterocycles. The van der Waals surface area contributed by atoms with E-state index >= 15 is 0 Å². The average molecular weight is 414 g/mol. The number of benzene rings is 2. The number of sulfone groups is 1. The normalized spacial score (nSPS) is 17.3. The van der Waals surface area contributed by atoms with Gasteiger partial charge in [0.1, 0.15) is 5.75 Å². The predicted octanol–water partition coefficient (Wildman–Crippen LogP) is 4.44. The Bertz CT molecular complexity index is 989. The van der Waals surface area contributed by atoms with Crippen LogP contribution >= 0.6 is 0 Å². The van der Waals surface area contributed by atoms with Gasteiger partial charge < -0.3 is 9.64 Å². The number of anilines is 1. The Kier molecular flexibility index (Phi) is 6.42. The van der Waals surface area contributed by atoms with Crippen molar-refractivity contribution in [2.24, 2.45) is 0 Å². The second-order valence-electron chi connectivity index (χ2n) is 7.47. The molecule has 0 saturated heterocycles. The topological polar surface area (TPSA) is 63.7 Å². The molecular formula is C23H27NO4S. The van der Waals surface area contributed by atoms with Crippen LogP contribution in [-0.2, 0) is 9.84 Å². The second kappa shape index (κ2) is 8.82. The van der Waals surface area contributed by atoms with Gasteiger partial charge in [0.05, 0.1) is 18.4 Å². The van der Waals surface area contributed by atoms with Crippen LogP contribution in [0.4, 0.5) is 5.69 Å². The molecule has 2 aromatic carbocycles. The zero-order valence-corrected chi connectivity index (χ0v) is 17.9. The molecule has 29 heavy (non-hydrogen) atoms. The maximum absolute atomic E-state index is 13.4. The minimum atomic E-state index is -3.30. The molecule has 1 aliphatic rings. The number of aryl methyl sites for hydroxylation is 2. The summed E-state index contributed by atoms with van der Waals surface area (Å²) >= 11 is 0. The third kappa shape index (κ3) is 5.26. The van der Waals surface area contributed by atoms with Gasteiger partial charge in [0, 0.05) is 16.7 Å². The van der Waals surface area contributed by atoms with Crippen LogP contribution in [-0.4, -0.2) is 32.7 Å². The van der Waals surface area contributed by atoms with Crippen LogP contribution < -0.4 is 9.64 Å². The SMILES string of the molecule is CCCCOc1ccc(C(=O)N(c2cc(C)cc(C)c2)C2C=CS(=O)(=O)C2)cc1. The summed E-state index contributed by atoms with van der Waals surface area (Å²) in [5.41, 5.74) is 3.22. The standard InChI is InChI=1S/C23H27NO4S/c1-4-5-11-28-22-8-6-19(7-9-22)23(25)24(20-10-12-29(26,27)16-20)21-14-17(2)13-18(3)15-21/h6-10,12-15,20H,4-5,11,16H2,1-3H3. The van der Waals surface area contributed by atoms with Crippen LogP contribution in [0.1, 0.15) is 41.3 Å². The minimum Gasteiger partial charge on any atom is -0.494 e. The van der Waals surface area contributed by atoms with Gasteiger partial charge in [-0.2, -0.15) is 0 Å². The molecule has 0 N–H and O–H groups in total. The van der Waals surface area contributed by atoms with Gasteiger partial charge in [0.25, 0.3) is 5.91 Å². The number of carbonyl (C=O) groups excluding carboxylic acids is 1. The van der Waals surface area contributed by atoms with Gasteiger partial charge >= 0.3 is 0 Å². The lowest BCUT2D eigenvalue weighted by Gasteiger charge is -2.28. The molecule has 0 fully saturated rings. The Labute approximate surface area is 172 Å². The lowest BCUT2D eigenvalue weighted by molar-refractivity contribution is 0.0983. The smallest absolute Gasteiger partial charge is 0.258 e. The van der Waals surface area contributed by atoms with Crippen LogP contribution in [0.3, 0.4) is 0 Å². The van der Waals surface area contributed by atoms with Crippen molar-refractivity contribution in [1.29, 1.82) is 0 Å². The summed E-state index contributed by atoms with van der Waals surface area (Å²) in [5, 5.41) is 1.20. The fourth-order valence-corrected chi connectivity index (χ4v) is 4.70. The van der Waals surface area contributed by atoms with E-state index in [1.54, 1.807) is 35.2 Å². The molecule has 0 spiro atoms. The van der Waals surface area contributed by atoms with Crippen molar-refractivity contribution < 1.29 is 17.9 Å². The number of hydrogen-bond acceptors (Lipinski definition) is 4. The van der Waals surface area contributed by atoms with Crippen LogP contribution in [0.5, 0.6) is 5.75 Å². The van der Waals surface area contributed by atoms with E-state index in [1.807, 2.05) is 32.0 Å². The second-order valence-corrected chi connectivity index (χ2v) is 9.40. The highest BCUT2D eigenvalue weighted by Crippen LogP contribution is 2.27. The van der Waals surface area contributed by atoms with Gasteiger partial charge in [0.15, 0.2) is 9.84 Å². The lowest BCUT2D eigenvalue weighted by Crippen LogP contribution is -2.41. The molecule has 0 aliphatic carbocycles. The molecule has 6 heteroatoms. The van der Waals surface area contributed by atoms with E-state index in [0.29, 0.717) is 17.9 Å². The zero-order valence-electron chi connectivity index (χ0n) is 17.1. The van der Waals surface area contributed by atoms with Gasteiger partial charge in [-0.1, -0.05) is 19.4 Å². The fourth-order valence-electron chi connectivity index (χ4n) is 3.44. The highest BCUT2D eigenvalue weighted by molar-refractivity contribution is 7.94. The number of ether oxygens (including phenoxy) is 1. The first-order valence-corrected chi connectivity index (χ1v) is 11.6. The first-order valence-electron chi connectivity index (χ1n) is 9.85. The summed E-state index contributed by atoms with van der Waals surface area (Å²) in [7, 11) is -3.30. The van der Waals surface area contributed by atoms with E-state index in [4.69, 9.17) is 4.74 Å². The van der Waals surface area contributed by atoms with E-state index < -0.39 is 15.9 Å². The molecule has 3 rings (SSSR count). The highest BCUT2D eigenvalue weighted by Gasteiger charge is 2.32. The Balaban J connectivity index is 1.91. The predicted molar refractivity (Wildman–Crippen MR) is 116 cm³/mol. The van der Waals surface area contributed by atoms with Crippen molar-refractivity contribution in [2.75, 3.05) is 17.3 Å². The van der Waals surface area contributed by atoms with Gasteiger partial charge in [0.2, 0.25) is 0 Å². The number of amides is 1. The van der Waals surface area contributed by atoms with E-state index in [1.165, 1.54) is 5.41 Å². The third-order valence-corrected chi connectivity index (χ3v) is 6.19. The summed E-state index contributed by atoms with van der Waals surface area (Å²) in [4.78, 5) is 15.0. The van der Waals surface area contributed by atoms with Crippen molar-refractivity contribution in [3.8, 4) is 5.75 Å². The van der Waals surface area contributed by atoms with Crippen molar-refractivity contribution in [1.82, 2.24) is 0 Å². The molecule has 1 heterocycles. The summed E-state index contributed by atoms with van der Waals surface area (Å²) in [6, 6.07) is 12.3. The first kappa shape index (κ1) is 21.1. The molecule has 5 nitrogen and oxygen atoms in total. The first-order chi connectivity index (χ1) is 13.8. The lowest BCUT2D eigenvalue weighted by atomic mass is 10.1. The zero-order chi connectivity index (χ0) is 21.0. The monoisotopic (exact) mass is 413 g/mol. The maximum Gasteiger partial charge on any atom is 0.258 e. The summed E-state index contributed by atoms with van der Waals surface area (Å²) < 4.78 is 29.7. The van der Waals surface area contributed by atoms with Crippen molar-refractivity contribution in [3.05, 3.63) is 70.6 Å². The van der Waals surface area contributed by atoms with Gasteiger partial charge in [-0.3, -0.25) is 4.79 Å². The van der Waals surface area contributed by atoms with Crippen molar-refractivity contribution in [3.63, 3.8) is 0 Å². The van der Waals surface area contributed by atoms with Gasteiger partial charge in [-0.25, -0.2) is 8.42 Å². The number of nitrogens with zero attached hydrogens (tertiary/aromatic N) is 1. The Morgan fingerprint density at radius 3 is 2.31 bits per heavy atom. The van der Waals surface area contributed by atoms with Crippen LogP contribution in [0.2, 0.25) is 0 Å². The van der Waals surface area contributed by atoms with E-state index in [-0.39, 0.29) is 11.7 Å². The largest absolute Gasteiger partial charge is 0.494 e. The van der Waals surface area contributed by atoms with E-state index in [9.17, 15) is 13.2 Å². The van der Waals surface area contributed by atoms with Crippen molar-refractivity contribution in [2.45, 2.75) is 39.7 Å². The fraction of sp³-hybridized carbons (Fsp3) is 0.348. The minimum absolute atomic E-state index is 0.107. The van der Waals surface area contributed by atoms with Crippen LogP contribution in [0.15, 0.2) is 53.9 Å². The molecule has 1 amide bonds. The Hall–Kier alpha value is -2.60. The van der Waals surface area contributed by atoms with Gasteiger partial charge in [-0.05, 0) is 73.9 Å². The average Bonchev–Trinajstić information content (AvgIpc) is 3.01. The molecule has 0 radical (unpaired) electrons. The Morgan fingerprint density at radius 2 is 1.76 bits per heavy atom. The van der Waals surface area contributed by atoms with Crippen LogP contribution in [0.25, 0.3) is 0 Å². The molecule has 2 aromatic rings. The van der Waals surface area contributed by atoms with Crippen LogP contribution in [0, 0.1) is 13.8 Å². The molecule has 0 bridgehead atoms. The quantitative estimate of drug-likeness (QED) is 0.630. The third-order valence-electron chi connectivity index (χ3n) is 4.81. The highest BCUT2D eigenvalue weighted by atomic mass is 32.2. The van der Waals surface area contributed by atoms with E-state index in [2.05, 4.69) is 6.92 Å². The molecule has 0 saturated carbocycles. The van der Waals surface area contributed by atoms with Crippen molar-refractivity contribution >= 4 is 21.4 Å². The molecular weight excluding hydrogens is 386 g/mol. The van der Waals surface area contributed by atoms with E-state index in [0.717, 1.165) is 29.7 Å². The number of unbranched alkanes of at least 4 members (excludes halogenated alkanes) is 1. The molecule has 154 valence electrons. The van der Waals surface area contributed by atoms with Gasteiger partial charge in [-0.15, -0.1) is 0 Å². The molecule has 1 atom stereocenters. The summed E-state index contributed by atoms with van der Waals surface area (Å²) in [6.07, 6.45) is 3.62. The molecule has 1 unspecified atom stereocenters. The number of hydrogen-bond donors (Lipinski definition) is 0. The summed E-state index contributed by atoms with van der Waals surface area (Å²) in [5.74, 6) is 0.377. The number of carbonyl (C=O) groups is 1. The maximum atomic E-state index is 13.4.